The summed E-state index contributed by atoms with van der Waals surface area (Å²) in [4.78, 5) is 1.46. The molecule has 2 unspecified atom stereocenters. The zero-order valence-corrected chi connectivity index (χ0v) is 10.1. The Morgan fingerprint density at radius 3 is 3.20 bits per heavy atom. The highest BCUT2D eigenvalue weighted by atomic mass is 32.1. The first-order valence-electron chi connectivity index (χ1n) is 5.76. The van der Waals surface area contributed by atoms with Gasteiger partial charge < -0.3 is 10.1 Å². The van der Waals surface area contributed by atoms with Crippen molar-refractivity contribution < 1.29 is 4.74 Å². The summed E-state index contributed by atoms with van der Waals surface area (Å²) in [7, 11) is 0. The molecule has 0 aromatic carbocycles. The van der Waals surface area contributed by atoms with Crippen molar-refractivity contribution in [3.63, 3.8) is 0 Å². The fourth-order valence-electron chi connectivity index (χ4n) is 2.08. The Bertz CT molecular complexity index is 267. The summed E-state index contributed by atoms with van der Waals surface area (Å²) >= 11 is 1.85. The molecule has 0 radical (unpaired) electrons. The molecule has 84 valence electrons. The van der Waals surface area contributed by atoms with E-state index in [1.165, 1.54) is 17.7 Å². The highest BCUT2D eigenvalue weighted by molar-refractivity contribution is 7.10. The highest BCUT2D eigenvalue weighted by Gasteiger charge is 2.26. The lowest BCUT2D eigenvalue weighted by atomic mass is 9.97. The molecule has 1 fully saturated rings. The molecular formula is C12H19NOS. The van der Waals surface area contributed by atoms with Crippen molar-refractivity contribution in [3.8, 4) is 0 Å². The largest absolute Gasteiger partial charge is 0.381 e. The molecule has 1 N–H and O–H groups in total. The van der Waals surface area contributed by atoms with E-state index in [1.54, 1.807) is 0 Å². The van der Waals surface area contributed by atoms with Crippen LogP contribution in [0.3, 0.4) is 0 Å². The third kappa shape index (κ3) is 2.80. The average Bonchev–Trinajstić information content (AvgIpc) is 2.90. The molecule has 2 heterocycles. The van der Waals surface area contributed by atoms with E-state index in [-0.39, 0.29) is 0 Å². The van der Waals surface area contributed by atoms with Gasteiger partial charge in [-0.05, 0) is 30.8 Å². The number of nitrogens with one attached hydrogen (secondary N) is 1. The molecule has 0 aliphatic carbocycles. The van der Waals surface area contributed by atoms with Crippen molar-refractivity contribution in [1.29, 1.82) is 0 Å². The van der Waals surface area contributed by atoms with Crippen molar-refractivity contribution in [2.45, 2.75) is 25.8 Å². The molecule has 1 aromatic rings. The third-order valence-electron chi connectivity index (χ3n) is 2.90. The van der Waals surface area contributed by atoms with Crippen LogP contribution in [0.4, 0.5) is 0 Å². The van der Waals surface area contributed by atoms with Gasteiger partial charge in [-0.25, -0.2) is 0 Å². The van der Waals surface area contributed by atoms with E-state index < -0.39 is 0 Å². The second-order valence-electron chi connectivity index (χ2n) is 4.07. The molecule has 0 saturated carbocycles. The molecule has 15 heavy (non-hydrogen) atoms. The Labute approximate surface area is 95.6 Å². The maximum absolute atomic E-state index is 5.48. The van der Waals surface area contributed by atoms with Gasteiger partial charge >= 0.3 is 0 Å². The third-order valence-corrected chi connectivity index (χ3v) is 3.86. The van der Waals surface area contributed by atoms with E-state index in [0.29, 0.717) is 12.0 Å². The normalized spacial score (nSPS) is 23.1. The Hall–Kier alpha value is -0.380. The molecule has 2 nitrogen and oxygen atoms in total. The van der Waals surface area contributed by atoms with Gasteiger partial charge in [-0.15, -0.1) is 11.3 Å². The van der Waals surface area contributed by atoms with Crippen LogP contribution in [-0.2, 0) is 4.74 Å². The standard InChI is InChI=1S/C12H19NOS/c1-2-6-13-12(10-5-7-14-9-10)11-4-3-8-15-11/h3-4,8,10,12-13H,2,5-7,9H2,1H3. The summed E-state index contributed by atoms with van der Waals surface area (Å²) < 4.78 is 5.48. The Morgan fingerprint density at radius 2 is 2.60 bits per heavy atom. The first-order valence-corrected chi connectivity index (χ1v) is 6.64. The van der Waals surface area contributed by atoms with E-state index in [9.17, 15) is 0 Å². The first kappa shape index (κ1) is 11.1. The summed E-state index contributed by atoms with van der Waals surface area (Å²) in [5.74, 6) is 0.662. The fraction of sp³-hybridized carbons (Fsp3) is 0.667. The summed E-state index contributed by atoms with van der Waals surface area (Å²) in [6.07, 6.45) is 2.38. The average molecular weight is 225 g/mol. The van der Waals surface area contributed by atoms with E-state index >= 15 is 0 Å². The molecule has 2 rings (SSSR count). The second-order valence-corrected chi connectivity index (χ2v) is 5.05. The molecule has 0 spiro atoms. The summed E-state index contributed by atoms with van der Waals surface area (Å²) in [6, 6.07) is 4.87. The lowest BCUT2D eigenvalue weighted by molar-refractivity contribution is 0.177. The minimum Gasteiger partial charge on any atom is -0.381 e. The summed E-state index contributed by atoms with van der Waals surface area (Å²) in [5, 5.41) is 5.80. The second kappa shape index (κ2) is 5.64. The molecule has 1 aromatic heterocycles. The minimum atomic E-state index is 0.507. The van der Waals surface area contributed by atoms with E-state index in [1.807, 2.05) is 11.3 Å². The number of ether oxygens (including phenoxy) is 1. The Balaban J connectivity index is 2.01. The number of hydrogen-bond donors (Lipinski definition) is 1. The smallest absolute Gasteiger partial charge is 0.0513 e. The van der Waals surface area contributed by atoms with Gasteiger partial charge in [0.2, 0.25) is 0 Å². The predicted octanol–water partition coefficient (Wildman–Crippen LogP) is 2.83. The molecule has 2 atom stereocenters. The van der Waals surface area contributed by atoms with Gasteiger partial charge in [0.05, 0.1) is 6.61 Å². The van der Waals surface area contributed by atoms with E-state index in [0.717, 1.165) is 19.8 Å². The van der Waals surface area contributed by atoms with Gasteiger partial charge in [0.1, 0.15) is 0 Å². The molecule has 1 saturated heterocycles. The molecule has 1 aliphatic heterocycles. The quantitative estimate of drug-likeness (QED) is 0.832. The van der Waals surface area contributed by atoms with Gasteiger partial charge in [-0.3, -0.25) is 0 Å². The molecular weight excluding hydrogens is 206 g/mol. The van der Waals surface area contributed by atoms with Crippen LogP contribution in [0.2, 0.25) is 0 Å². The summed E-state index contributed by atoms with van der Waals surface area (Å²) in [5.41, 5.74) is 0. The van der Waals surface area contributed by atoms with Crippen LogP contribution in [0.5, 0.6) is 0 Å². The highest BCUT2D eigenvalue weighted by Crippen LogP contribution is 2.31. The van der Waals surface area contributed by atoms with Gasteiger partial charge in [0.15, 0.2) is 0 Å². The van der Waals surface area contributed by atoms with Gasteiger partial charge in [0.25, 0.3) is 0 Å². The number of hydrogen-bond acceptors (Lipinski definition) is 3. The molecule has 1 aliphatic rings. The maximum Gasteiger partial charge on any atom is 0.0513 e. The van der Waals surface area contributed by atoms with Crippen LogP contribution in [0.1, 0.15) is 30.7 Å². The van der Waals surface area contributed by atoms with Crippen LogP contribution in [0, 0.1) is 5.92 Å². The predicted molar refractivity (Wildman–Crippen MR) is 64.3 cm³/mol. The van der Waals surface area contributed by atoms with Gasteiger partial charge in [0, 0.05) is 23.4 Å². The van der Waals surface area contributed by atoms with Crippen molar-refractivity contribution in [2.75, 3.05) is 19.8 Å². The topological polar surface area (TPSA) is 21.3 Å². The van der Waals surface area contributed by atoms with Crippen molar-refractivity contribution >= 4 is 11.3 Å². The molecule has 0 bridgehead atoms. The van der Waals surface area contributed by atoms with E-state index in [4.69, 9.17) is 4.74 Å². The van der Waals surface area contributed by atoms with Crippen LogP contribution >= 0.6 is 11.3 Å². The molecule has 3 heteroatoms. The number of thiophene rings is 1. The molecule has 0 amide bonds. The Kier molecular flexibility index (Phi) is 4.18. The zero-order chi connectivity index (χ0) is 10.5. The first-order chi connectivity index (χ1) is 7.42. The monoisotopic (exact) mass is 225 g/mol. The fourth-order valence-corrected chi connectivity index (χ4v) is 2.98. The van der Waals surface area contributed by atoms with Gasteiger partial charge in [-0.1, -0.05) is 13.0 Å². The van der Waals surface area contributed by atoms with Crippen molar-refractivity contribution in [1.82, 2.24) is 5.32 Å². The number of rotatable bonds is 5. The van der Waals surface area contributed by atoms with Gasteiger partial charge in [-0.2, -0.15) is 0 Å². The minimum absolute atomic E-state index is 0.507. The SMILES string of the molecule is CCCNC(c1cccs1)C1CCOC1. The van der Waals surface area contributed by atoms with Crippen LogP contribution in [-0.4, -0.2) is 19.8 Å². The lowest BCUT2D eigenvalue weighted by Gasteiger charge is -2.22. The van der Waals surface area contributed by atoms with Crippen molar-refractivity contribution in [3.05, 3.63) is 22.4 Å². The van der Waals surface area contributed by atoms with Crippen LogP contribution < -0.4 is 5.32 Å². The Morgan fingerprint density at radius 1 is 1.67 bits per heavy atom. The zero-order valence-electron chi connectivity index (χ0n) is 9.24. The lowest BCUT2D eigenvalue weighted by Crippen LogP contribution is -2.28. The van der Waals surface area contributed by atoms with E-state index in [2.05, 4.69) is 29.8 Å². The maximum atomic E-state index is 5.48. The van der Waals surface area contributed by atoms with Crippen molar-refractivity contribution in [2.24, 2.45) is 5.92 Å². The van der Waals surface area contributed by atoms with Crippen LogP contribution in [0.25, 0.3) is 0 Å². The van der Waals surface area contributed by atoms with Crippen LogP contribution in [0.15, 0.2) is 17.5 Å². The summed E-state index contributed by atoms with van der Waals surface area (Å²) in [6.45, 7) is 5.16.